The molecule has 1 unspecified atom stereocenters. The van der Waals surface area contributed by atoms with Gasteiger partial charge in [-0.2, -0.15) is 14.3 Å². The summed E-state index contributed by atoms with van der Waals surface area (Å²) in [5.74, 6) is 1.52. The van der Waals surface area contributed by atoms with Gasteiger partial charge < -0.3 is 10.1 Å². The van der Waals surface area contributed by atoms with Gasteiger partial charge in [-0.3, -0.25) is 4.79 Å². The Balaban J connectivity index is 1.40. The molecular weight excluding hydrogens is 466 g/mol. The van der Waals surface area contributed by atoms with Crippen LogP contribution in [0, 0.1) is 6.92 Å². The van der Waals surface area contributed by atoms with Crippen molar-refractivity contribution in [3.63, 3.8) is 0 Å². The highest BCUT2D eigenvalue weighted by Crippen LogP contribution is 2.43. The van der Waals surface area contributed by atoms with Gasteiger partial charge in [0.1, 0.15) is 24.5 Å². The Bertz CT molecular complexity index is 1580. The van der Waals surface area contributed by atoms with E-state index in [0.717, 1.165) is 22.4 Å². The highest BCUT2D eigenvalue weighted by molar-refractivity contribution is 6.31. The molecule has 6 rings (SSSR count). The topological polar surface area (TPSA) is 99.2 Å². The van der Waals surface area contributed by atoms with E-state index in [4.69, 9.17) is 21.4 Å². The van der Waals surface area contributed by atoms with Crippen LogP contribution >= 0.6 is 11.6 Å². The normalized spacial score (nSPS) is 15.1. The van der Waals surface area contributed by atoms with Crippen LogP contribution in [-0.4, -0.2) is 35.5 Å². The summed E-state index contributed by atoms with van der Waals surface area (Å²) in [5.41, 5.74) is 4.17. The number of fused-ring (bicyclic) bond motifs is 2. The zero-order valence-electron chi connectivity index (χ0n) is 18.7. The largest absolute Gasteiger partial charge is 0.489 e. The number of aryl methyl sites for hydroxylation is 1. The Hall–Kier alpha value is -4.24. The van der Waals surface area contributed by atoms with Crippen LogP contribution in [0.5, 0.6) is 5.75 Å². The summed E-state index contributed by atoms with van der Waals surface area (Å²) < 4.78 is 9.43. The molecular formula is C25H20ClN7O2. The maximum Gasteiger partial charge on any atom is 0.226 e. The van der Waals surface area contributed by atoms with Gasteiger partial charge in [0.2, 0.25) is 5.91 Å². The van der Waals surface area contributed by atoms with Gasteiger partial charge in [-0.05, 0) is 31.2 Å². The molecule has 0 saturated carbocycles. The lowest BCUT2D eigenvalue weighted by atomic mass is 9.85. The Morgan fingerprint density at radius 3 is 2.80 bits per heavy atom. The number of benzene rings is 2. The molecule has 1 aliphatic rings. The van der Waals surface area contributed by atoms with E-state index in [2.05, 4.69) is 20.6 Å². The fourth-order valence-corrected chi connectivity index (χ4v) is 4.67. The van der Waals surface area contributed by atoms with Gasteiger partial charge in [0.25, 0.3) is 0 Å². The molecule has 1 aliphatic heterocycles. The molecule has 1 N–H and O–H groups in total. The molecule has 2 aromatic carbocycles. The van der Waals surface area contributed by atoms with E-state index in [1.807, 2.05) is 55.5 Å². The van der Waals surface area contributed by atoms with Crippen molar-refractivity contribution >= 4 is 29.0 Å². The van der Waals surface area contributed by atoms with Crippen LogP contribution in [0.15, 0.2) is 67.0 Å². The van der Waals surface area contributed by atoms with E-state index < -0.39 is 0 Å². The fourth-order valence-electron chi connectivity index (χ4n) is 4.48. The first-order chi connectivity index (χ1) is 17.1. The number of amides is 1. The number of ether oxygens (including phenoxy) is 1. The van der Waals surface area contributed by atoms with Crippen LogP contribution < -0.4 is 10.1 Å². The Kier molecular flexibility index (Phi) is 5.18. The molecule has 1 amide bonds. The third kappa shape index (κ3) is 3.79. The maximum absolute atomic E-state index is 12.9. The Morgan fingerprint density at radius 2 is 1.91 bits per heavy atom. The minimum Gasteiger partial charge on any atom is -0.489 e. The molecule has 0 aliphatic carbocycles. The lowest BCUT2D eigenvalue weighted by Crippen LogP contribution is -2.25. The first kappa shape index (κ1) is 21.3. The summed E-state index contributed by atoms with van der Waals surface area (Å²) in [6.07, 6.45) is 1.81. The van der Waals surface area contributed by atoms with Crippen molar-refractivity contribution in [1.82, 2.24) is 29.6 Å². The highest BCUT2D eigenvalue weighted by atomic mass is 35.5. The van der Waals surface area contributed by atoms with E-state index in [0.29, 0.717) is 34.7 Å². The first-order valence-electron chi connectivity index (χ1n) is 11.1. The number of para-hydroxylation sites is 1. The number of nitrogens with one attached hydrogen (secondary N) is 1. The number of carbonyl (C=O) groups excluding carboxylic acids is 1. The second-order valence-corrected chi connectivity index (χ2v) is 8.71. The second kappa shape index (κ2) is 8.52. The molecule has 174 valence electrons. The number of anilines is 1. The summed E-state index contributed by atoms with van der Waals surface area (Å²) in [6, 6.07) is 19.0. The van der Waals surface area contributed by atoms with Crippen molar-refractivity contribution in [2.24, 2.45) is 0 Å². The minimum absolute atomic E-state index is 0.102. The van der Waals surface area contributed by atoms with Gasteiger partial charge in [-0.15, -0.1) is 15.3 Å². The quantitative estimate of drug-likeness (QED) is 0.398. The maximum atomic E-state index is 12.9. The predicted octanol–water partition coefficient (Wildman–Crippen LogP) is 4.32. The lowest BCUT2D eigenvalue weighted by molar-refractivity contribution is -0.116. The van der Waals surface area contributed by atoms with Crippen molar-refractivity contribution in [2.45, 2.75) is 25.9 Å². The van der Waals surface area contributed by atoms with Crippen LogP contribution in [0.4, 0.5) is 5.82 Å². The number of halogens is 1. The van der Waals surface area contributed by atoms with Gasteiger partial charge >= 0.3 is 0 Å². The van der Waals surface area contributed by atoms with Crippen molar-refractivity contribution in [3.8, 4) is 11.6 Å². The van der Waals surface area contributed by atoms with Crippen molar-refractivity contribution in [1.29, 1.82) is 0 Å². The number of hydrogen-bond acceptors (Lipinski definition) is 6. The zero-order valence-corrected chi connectivity index (χ0v) is 19.5. The van der Waals surface area contributed by atoms with Gasteiger partial charge in [0.15, 0.2) is 11.5 Å². The SMILES string of the molecule is Cc1nn(-c2ccc3nncn3n2)c2c1C(c1ccccc1OCc1ccccc1Cl)CC(=O)N2. The lowest BCUT2D eigenvalue weighted by Gasteiger charge is -2.26. The van der Waals surface area contributed by atoms with Crippen molar-refractivity contribution < 1.29 is 9.53 Å². The smallest absolute Gasteiger partial charge is 0.226 e. The summed E-state index contributed by atoms with van der Waals surface area (Å²) in [7, 11) is 0. The van der Waals surface area contributed by atoms with E-state index in [1.165, 1.54) is 6.33 Å². The van der Waals surface area contributed by atoms with Crippen LogP contribution in [0.2, 0.25) is 5.02 Å². The van der Waals surface area contributed by atoms with Gasteiger partial charge in [0, 0.05) is 34.1 Å². The first-order valence-corrected chi connectivity index (χ1v) is 11.5. The number of carbonyl (C=O) groups is 1. The summed E-state index contributed by atoms with van der Waals surface area (Å²) in [4.78, 5) is 12.9. The summed E-state index contributed by atoms with van der Waals surface area (Å²) in [5, 5.41) is 20.8. The van der Waals surface area contributed by atoms with Crippen LogP contribution in [0.3, 0.4) is 0 Å². The molecule has 9 nitrogen and oxygen atoms in total. The van der Waals surface area contributed by atoms with Crippen LogP contribution in [-0.2, 0) is 11.4 Å². The van der Waals surface area contributed by atoms with E-state index in [9.17, 15) is 4.79 Å². The molecule has 5 aromatic rings. The fraction of sp³-hybridized carbons (Fsp3) is 0.160. The average Bonchev–Trinajstić information content (AvgIpc) is 3.47. The molecule has 1 atom stereocenters. The third-order valence-corrected chi connectivity index (χ3v) is 6.47. The van der Waals surface area contributed by atoms with Gasteiger partial charge in [-0.25, -0.2) is 0 Å². The summed E-state index contributed by atoms with van der Waals surface area (Å²) in [6.45, 7) is 2.26. The predicted molar refractivity (Wildman–Crippen MR) is 130 cm³/mol. The van der Waals surface area contributed by atoms with Crippen LogP contribution in [0.25, 0.3) is 11.5 Å². The average molecular weight is 486 g/mol. The van der Waals surface area contributed by atoms with Gasteiger partial charge in [0.05, 0.1) is 5.69 Å². The van der Waals surface area contributed by atoms with E-state index >= 15 is 0 Å². The number of aromatic nitrogens is 6. The molecule has 0 saturated heterocycles. The Labute approximate surface area is 205 Å². The number of nitrogens with zero attached hydrogens (tertiary/aromatic N) is 6. The molecule has 3 aromatic heterocycles. The Morgan fingerprint density at radius 1 is 1.09 bits per heavy atom. The van der Waals surface area contributed by atoms with Crippen LogP contribution in [0.1, 0.15) is 34.7 Å². The highest BCUT2D eigenvalue weighted by Gasteiger charge is 2.34. The number of rotatable bonds is 5. The number of hydrogen-bond donors (Lipinski definition) is 1. The third-order valence-electron chi connectivity index (χ3n) is 6.10. The molecule has 0 bridgehead atoms. The standard InChI is InChI=1S/C25H20ClN7O2/c1-15-24-18(17-7-3-5-9-20(17)35-13-16-6-2-4-8-19(16)26)12-23(34)28-25(24)33(30-15)22-11-10-21-29-27-14-32(21)31-22/h2-11,14,18H,12-13H2,1H3,(H,28,34). The molecule has 0 spiro atoms. The molecule has 10 heteroatoms. The van der Waals surface area contributed by atoms with E-state index in [1.54, 1.807) is 21.3 Å². The monoisotopic (exact) mass is 485 g/mol. The van der Waals surface area contributed by atoms with Gasteiger partial charge in [-0.1, -0.05) is 48.0 Å². The molecule has 4 heterocycles. The molecule has 0 fully saturated rings. The van der Waals surface area contributed by atoms with Crippen molar-refractivity contribution in [2.75, 3.05) is 5.32 Å². The second-order valence-electron chi connectivity index (χ2n) is 8.31. The molecule has 35 heavy (non-hydrogen) atoms. The molecule has 0 radical (unpaired) electrons. The zero-order chi connectivity index (χ0) is 23.9. The van der Waals surface area contributed by atoms with E-state index in [-0.39, 0.29) is 18.2 Å². The summed E-state index contributed by atoms with van der Waals surface area (Å²) >= 11 is 6.32. The minimum atomic E-state index is -0.228. The van der Waals surface area contributed by atoms with Crippen molar-refractivity contribution in [3.05, 3.63) is 94.4 Å².